The van der Waals surface area contributed by atoms with E-state index in [4.69, 9.17) is 9.15 Å². The molecule has 154 valence electrons. The van der Waals surface area contributed by atoms with Crippen molar-refractivity contribution in [3.05, 3.63) is 35.6 Å². The number of esters is 1. The maximum atomic E-state index is 12.5. The topological polar surface area (TPSA) is 68.5 Å². The smallest absolute Gasteiger partial charge is 0.375 e. The van der Waals surface area contributed by atoms with Crippen molar-refractivity contribution < 1.29 is 18.7 Å². The molecular formula is C24H29NO4. The van der Waals surface area contributed by atoms with Gasteiger partial charge in [-0.2, -0.15) is 0 Å². The van der Waals surface area contributed by atoms with E-state index in [0.29, 0.717) is 5.58 Å². The van der Waals surface area contributed by atoms with E-state index in [0.717, 1.165) is 28.7 Å². The molecule has 1 heterocycles. The average molecular weight is 395 g/mol. The largest absolute Gasteiger partial charge is 0.450 e. The summed E-state index contributed by atoms with van der Waals surface area (Å²) in [6, 6.07) is 7.61. The lowest BCUT2D eigenvalue weighted by Crippen LogP contribution is -2.56. The van der Waals surface area contributed by atoms with Gasteiger partial charge in [-0.25, -0.2) is 4.79 Å². The van der Waals surface area contributed by atoms with Gasteiger partial charge in [0.05, 0.1) is 0 Å². The highest BCUT2D eigenvalue weighted by molar-refractivity contribution is 5.96. The van der Waals surface area contributed by atoms with Crippen LogP contribution < -0.4 is 5.32 Å². The van der Waals surface area contributed by atoms with Crippen LogP contribution in [0, 0.1) is 30.1 Å². The second-order valence-corrected chi connectivity index (χ2v) is 9.70. The predicted molar refractivity (Wildman–Crippen MR) is 109 cm³/mol. The van der Waals surface area contributed by atoms with Gasteiger partial charge in [0.1, 0.15) is 5.58 Å². The summed E-state index contributed by atoms with van der Waals surface area (Å²) < 4.78 is 10.9. The van der Waals surface area contributed by atoms with E-state index in [2.05, 4.69) is 12.2 Å². The van der Waals surface area contributed by atoms with Crippen LogP contribution in [0.2, 0.25) is 0 Å². The first-order chi connectivity index (χ1) is 13.9. The molecule has 1 N–H and O–H groups in total. The van der Waals surface area contributed by atoms with E-state index in [1.807, 2.05) is 31.2 Å². The van der Waals surface area contributed by atoms with Crippen LogP contribution in [0.4, 0.5) is 0 Å². The molecule has 1 atom stereocenters. The number of hydrogen-bond donors (Lipinski definition) is 1. The van der Waals surface area contributed by atoms with Gasteiger partial charge < -0.3 is 14.5 Å². The molecule has 1 amide bonds. The Morgan fingerprint density at radius 2 is 1.76 bits per heavy atom. The number of para-hydroxylation sites is 1. The molecule has 0 unspecified atom stereocenters. The van der Waals surface area contributed by atoms with Crippen LogP contribution >= 0.6 is 0 Å². The molecule has 4 bridgehead atoms. The minimum Gasteiger partial charge on any atom is -0.450 e. The van der Waals surface area contributed by atoms with Crippen molar-refractivity contribution in [2.24, 2.45) is 23.2 Å². The highest BCUT2D eigenvalue weighted by Gasteiger charge is 2.53. The number of amides is 1. The number of carbonyl (C=O) groups is 2. The Hall–Kier alpha value is -2.30. The number of benzene rings is 1. The third-order valence-electron chi connectivity index (χ3n) is 7.75. The number of carbonyl (C=O) groups excluding carboxylic acids is 2. The van der Waals surface area contributed by atoms with Crippen molar-refractivity contribution in [1.82, 2.24) is 5.32 Å². The molecule has 4 aliphatic rings. The summed E-state index contributed by atoms with van der Waals surface area (Å²) in [6.07, 6.45) is 7.85. The molecule has 1 aromatic carbocycles. The molecule has 5 heteroatoms. The third-order valence-corrected chi connectivity index (χ3v) is 7.75. The standard InChI is InChI=1S/C24H29NO4/c1-14-19-5-3-4-6-20(19)29-22(14)23(27)28-13-21(26)25-15(2)24-10-16-7-17(11-24)9-18(8-16)12-24/h3-6,15-18H,7-13H2,1-2H3,(H,25,26)/t15-,16?,17?,18?,24?/m0/s1. The third kappa shape index (κ3) is 3.24. The summed E-state index contributed by atoms with van der Waals surface area (Å²) in [5, 5.41) is 4.03. The fourth-order valence-electron chi connectivity index (χ4n) is 6.71. The number of rotatable bonds is 5. The molecule has 1 aromatic heterocycles. The molecule has 29 heavy (non-hydrogen) atoms. The Kier molecular flexibility index (Phi) is 4.45. The molecular weight excluding hydrogens is 366 g/mol. The monoisotopic (exact) mass is 395 g/mol. The van der Waals surface area contributed by atoms with Crippen molar-refractivity contribution >= 4 is 22.8 Å². The Morgan fingerprint density at radius 3 is 2.38 bits per heavy atom. The van der Waals surface area contributed by atoms with Gasteiger partial charge >= 0.3 is 5.97 Å². The maximum absolute atomic E-state index is 12.5. The molecule has 0 saturated heterocycles. The fourth-order valence-corrected chi connectivity index (χ4v) is 6.71. The van der Waals surface area contributed by atoms with Crippen LogP contribution in [0.15, 0.2) is 28.7 Å². The Balaban J connectivity index is 1.20. The van der Waals surface area contributed by atoms with Gasteiger partial charge in [0, 0.05) is 17.0 Å². The number of hydrogen-bond acceptors (Lipinski definition) is 4. The summed E-state index contributed by atoms with van der Waals surface area (Å²) in [4.78, 5) is 25.0. The molecule has 2 aromatic rings. The van der Waals surface area contributed by atoms with E-state index in [-0.39, 0.29) is 29.7 Å². The molecule has 6 rings (SSSR count). The summed E-state index contributed by atoms with van der Waals surface area (Å²) in [5.41, 5.74) is 1.63. The number of fused-ring (bicyclic) bond motifs is 1. The summed E-state index contributed by atoms with van der Waals surface area (Å²) in [7, 11) is 0. The number of furan rings is 1. The highest BCUT2D eigenvalue weighted by atomic mass is 16.5. The Morgan fingerprint density at radius 1 is 1.14 bits per heavy atom. The lowest BCUT2D eigenvalue weighted by Gasteiger charge is -2.59. The second-order valence-electron chi connectivity index (χ2n) is 9.70. The maximum Gasteiger partial charge on any atom is 0.375 e. The molecule has 4 fully saturated rings. The van der Waals surface area contributed by atoms with E-state index in [9.17, 15) is 9.59 Å². The van der Waals surface area contributed by atoms with E-state index in [1.165, 1.54) is 38.5 Å². The summed E-state index contributed by atoms with van der Waals surface area (Å²) in [5.74, 6) is 1.89. The first-order valence-corrected chi connectivity index (χ1v) is 10.9. The predicted octanol–water partition coefficient (Wildman–Crippen LogP) is 4.62. The van der Waals surface area contributed by atoms with Crippen molar-refractivity contribution in [3.8, 4) is 0 Å². The second kappa shape index (κ2) is 6.89. The van der Waals surface area contributed by atoms with Crippen molar-refractivity contribution in [1.29, 1.82) is 0 Å². The van der Waals surface area contributed by atoms with Crippen LogP contribution in [0.25, 0.3) is 11.0 Å². The lowest BCUT2D eigenvalue weighted by molar-refractivity contribution is -0.128. The minimum atomic E-state index is -0.587. The van der Waals surface area contributed by atoms with Gasteiger partial charge in [-0.1, -0.05) is 18.2 Å². The number of aryl methyl sites for hydroxylation is 1. The van der Waals surface area contributed by atoms with E-state index >= 15 is 0 Å². The molecule has 5 nitrogen and oxygen atoms in total. The van der Waals surface area contributed by atoms with Crippen molar-refractivity contribution in [2.45, 2.75) is 58.4 Å². The van der Waals surface area contributed by atoms with Crippen molar-refractivity contribution in [3.63, 3.8) is 0 Å². The fraction of sp³-hybridized carbons (Fsp3) is 0.583. The quantitative estimate of drug-likeness (QED) is 0.750. The van der Waals surface area contributed by atoms with Crippen molar-refractivity contribution in [2.75, 3.05) is 6.61 Å². The van der Waals surface area contributed by atoms with Gasteiger partial charge in [0.15, 0.2) is 6.61 Å². The number of nitrogens with one attached hydrogen (secondary N) is 1. The molecule has 4 saturated carbocycles. The molecule has 0 radical (unpaired) electrons. The Bertz CT molecular complexity index is 924. The van der Waals surface area contributed by atoms with Gasteiger partial charge in [-0.3, -0.25) is 4.79 Å². The van der Waals surface area contributed by atoms with Crippen LogP contribution in [-0.4, -0.2) is 24.5 Å². The minimum absolute atomic E-state index is 0.120. The average Bonchev–Trinajstić information content (AvgIpc) is 3.02. The van der Waals surface area contributed by atoms with Gasteiger partial charge in [-0.15, -0.1) is 0 Å². The first-order valence-electron chi connectivity index (χ1n) is 10.9. The van der Waals surface area contributed by atoms with Crippen LogP contribution in [0.1, 0.15) is 61.6 Å². The van der Waals surface area contributed by atoms with Crippen LogP contribution in [0.5, 0.6) is 0 Å². The number of ether oxygens (including phenoxy) is 1. The zero-order chi connectivity index (χ0) is 20.2. The van der Waals surface area contributed by atoms with Crippen LogP contribution in [-0.2, 0) is 9.53 Å². The molecule has 0 aliphatic heterocycles. The zero-order valence-corrected chi connectivity index (χ0v) is 17.2. The van der Waals surface area contributed by atoms with Gasteiger partial charge in [-0.05, 0) is 81.6 Å². The first kappa shape index (κ1) is 18.7. The van der Waals surface area contributed by atoms with E-state index < -0.39 is 5.97 Å². The summed E-state index contributed by atoms with van der Waals surface area (Å²) >= 11 is 0. The lowest BCUT2D eigenvalue weighted by atomic mass is 9.48. The Labute approximate surface area is 171 Å². The normalized spacial score (nSPS) is 31.0. The zero-order valence-electron chi connectivity index (χ0n) is 17.2. The SMILES string of the molecule is Cc1c(C(=O)OCC(=O)N[C@@H](C)C23CC4CC(CC(C4)C2)C3)oc2ccccc12. The van der Waals surface area contributed by atoms with Crippen LogP contribution in [0.3, 0.4) is 0 Å². The molecule has 0 spiro atoms. The molecule has 4 aliphatic carbocycles. The van der Waals surface area contributed by atoms with Gasteiger partial charge in [0.25, 0.3) is 5.91 Å². The highest BCUT2D eigenvalue weighted by Crippen LogP contribution is 2.61. The summed E-state index contributed by atoms with van der Waals surface area (Å²) in [6.45, 7) is 3.69. The van der Waals surface area contributed by atoms with E-state index in [1.54, 1.807) is 0 Å². The van der Waals surface area contributed by atoms with Gasteiger partial charge in [0.2, 0.25) is 5.76 Å².